The van der Waals surface area contributed by atoms with Crippen molar-refractivity contribution in [1.29, 1.82) is 0 Å². The molecule has 1 aromatic rings. The fourth-order valence-corrected chi connectivity index (χ4v) is 2.10. The first-order valence-electron chi connectivity index (χ1n) is 5.18. The molecule has 0 radical (unpaired) electrons. The van der Waals surface area contributed by atoms with Gasteiger partial charge in [-0.25, -0.2) is 0 Å². The molecule has 0 bridgehead atoms. The van der Waals surface area contributed by atoms with Crippen molar-refractivity contribution in [3.05, 3.63) is 24.2 Å². The van der Waals surface area contributed by atoms with Crippen LogP contribution in [0.25, 0.3) is 0 Å². The van der Waals surface area contributed by atoms with Gasteiger partial charge in [0.2, 0.25) is 0 Å². The van der Waals surface area contributed by atoms with Crippen LogP contribution in [0.1, 0.15) is 31.9 Å². The lowest BCUT2D eigenvalue weighted by molar-refractivity contribution is 0.0170. The lowest BCUT2D eigenvalue weighted by atomic mass is 9.93. The first-order valence-corrected chi connectivity index (χ1v) is 5.18. The van der Waals surface area contributed by atoms with Gasteiger partial charge in [0.1, 0.15) is 11.4 Å². The summed E-state index contributed by atoms with van der Waals surface area (Å²) in [5, 5.41) is 13.6. The van der Waals surface area contributed by atoms with E-state index in [4.69, 9.17) is 4.42 Å². The van der Waals surface area contributed by atoms with Crippen molar-refractivity contribution in [2.24, 2.45) is 0 Å². The molecule has 2 heterocycles. The van der Waals surface area contributed by atoms with Gasteiger partial charge in [-0.15, -0.1) is 0 Å². The van der Waals surface area contributed by atoms with Crippen LogP contribution in [0.2, 0.25) is 0 Å². The number of aliphatic hydroxyl groups is 1. The summed E-state index contributed by atoms with van der Waals surface area (Å²) >= 11 is 0. The Hall–Kier alpha value is -0.800. The van der Waals surface area contributed by atoms with Crippen LogP contribution >= 0.6 is 0 Å². The smallest absolute Gasteiger partial charge is 0.135 e. The highest BCUT2D eigenvalue weighted by Gasteiger charge is 2.30. The first-order chi connectivity index (χ1) is 6.68. The minimum Gasteiger partial charge on any atom is -0.466 e. The second-order valence-corrected chi connectivity index (χ2v) is 4.25. The number of furan rings is 1. The van der Waals surface area contributed by atoms with Gasteiger partial charge in [-0.05, 0) is 44.9 Å². The van der Waals surface area contributed by atoms with Gasteiger partial charge >= 0.3 is 0 Å². The molecule has 3 heteroatoms. The van der Waals surface area contributed by atoms with Gasteiger partial charge in [-0.2, -0.15) is 0 Å². The van der Waals surface area contributed by atoms with Crippen LogP contribution in [-0.2, 0) is 5.60 Å². The second kappa shape index (κ2) is 3.75. The minimum atomic E-state index is -0.842. The quantitative estimate of drug-likeness (QED) is 0.770. The van der Waals surface area contributed by atoms with E-state index in [0.717, 1.165) is 19.4 Å². The molecular formula is C11H17NO2. The Morgan fingerprint density at radius 2 is 2.57 bits per heavy atom. The van der Waals surface area contributed by atoms with Gasteiger partial charge in [0.15, 0.2) is 0 Å². The molecule has 2 N–H and O–H groups in total. The van der Waals surface area contributed by atoms with Gasteiger partial charge in [0.05, 0.1) is 6.26 Å². The molecule has 78 valence electrons. The zero-order valence-corrected chi connectivity index (χ0v) is 8.49. The summed E-state index contributed by atoms with van der Waals surface area (Å²) in [6.07, 6.45) is 4.68. The molecule has 2 rings (SSSR count). The van der Waals surface area contributed by atoms with Gasteiger partial charge < -0.3 is 14.8 Å². The van der Waals surface area contributed by atoms with Gasteiger partial charge in [0.25, 0.3) is 0 Å². The molecule has 2 atom stereocenters. The molecule has 1 aliphatic rings. The molecule has 1 fully saturated rings. The van der Waals surface area contributed by atoms with E-state index in [-0.39, 0.29) is 0 Å². The van der Waals surface area contributed by atoms with E-state index >= 15 is 0 Å². The third kappa shape index (κ3) is 1.99. The van der Waals surface area contributed by atoms with E-state index in [2.05, 4.69) is 5.32 Å². The highest BCUT2D eigenvalue weighted by atomic mass is 16.4. The molecule has 1 aromatic heterocycles. The predicted molar refractivity (Wildman–Crippen MR) is 53.9 cm³/mol. The third-order valence-corrected chi connectivity index (χ3v) is 2.86. The van der Waals surface area contributed by atoms with E-state index in [0.29, 0.717) is 11.8 Å². The largest absolute Gasteiger partial charge is 0.466 e. The maximum Gasteiger partial charge on any atom is 0.135 e. The lowest BCUT2D eigenvalue weighted by Gasteiger charge is -2.24. The standard InChI is InChI=1S/C11H17NO2/c1-11(13,10-5-3-7-14-10)8-9-4-2-6-12-9/h3,5,7,9,12-13H,2,4,6,8H2,1H3. The monoisotopic (exact) mass is 195 g/mol. The average molecular weight is 195 g/mol. The molecule has 1 aliphatic heterocycles. The van der Waals surface area contributed by atoms with Crippen LogP contribution in [-0.4, -0.2) is 17.7 Å². The number of rotatable bonds is 3. The van der Waals surface area contributed by atoms with Crippen molar-refractivity contribution in [3.8, 4) is 0 Å². The Labute approximate surface area is 84.1 Å². The van der Waals surface area contributed by atoms with Crippen LogP contribution in [0.4, 0.5) is 0 Å². The zero-order chi connectivity index (χ0) is 10.0. The fourth-order valence-electron chi connectivity index (χ4n) is 2.10. The van der Waals surface area contributed by atoms with E-state index in [1.54, 1.807) is 6.26 Å². The average Bonchev–Trinajstić information content (AvgIpc) is 2.71. The molecule has 1 saturated heterocycles. The summed E-state index contributed by atoms with van der Waals surface area (Å²) in [4.78, 5) is 0. The van der Waals surface area contributed by atoms with E-state index in [9.17, 15) is 5.11 Å². The van der Waals surface area contributed by atoms with Crippen molar-refractivity contribution in [2.75, 3.05) is 6.54 Å². The molecule has 0 aromatic carbocycles. The molecular weight excluding hydrogens is 178 g/mol. The Balaban J connectivity index is 2.01. The van der Waals surface area contributed by atoms with Crippen molar-refractivity contribution in [1.82, 2.24) is 5.32 Å². The first kappa shape index (κ1) is 9.74. The summed E-state index contributed by atoms with van der Waals surface area (Å²) in [6, 6.07) is 4.07. The number of hydrogen-bond donors (Lipinski definition) is 2. The molecule has 14 heavy (non-hydrogen) atoms. The third-order valence-electron chi connectivity index (χ3n) is 2.86. The summed E-state index contributed by atoms with van der Waals surface area (Å²) in [5.41, 5.74) is -0.842. The number of nitrogens with one attached hydrogen (secondary N) is 1. The van der Waals surface area contributed by atoms with Crippen LogP contribution in [0.5, 0.6) is 0 Å². The molecule has 0 spiro atoms. The van der Waals surface area contributed by atoms with Gasteiger partial charge in [-0.1, -0.05) is 0 Å². The highest BCUT2D eigenvalue weighted by molar-refractivity contribution is 5.08. The normalized spacial score (nSPS) is 26.3. The lowest BCUT2D eigenvalue weighted by Crippen LogP contribution is -2.32. The van der Waals surface area contributed by atoms with Crippen LogP contribution < -0.4 is 5.32 Å². The zero-order valence-electron chi connectivity index (χ0n) is 8.49. The van der Waals surface area contributed by atoms with Gasteiger partial charge in [-0.3, -0.25) is 0 Å². The van der Waals surface area contributed by atoms with E-state index in [1.807, 2.05) is 19.1 Å². The molecule has 0 aliphatic carbocycles. The van der Waals surface area contributed by atoms with E-state index < -0.39 is 5.60 Å². The molecule has 3 nitrogen and oxygen atoms in total. The topological polar surface area (TPSA) is 45.4 Å². The van der Waals surface area contributed by atoms with Crippen LogP contribution in [0, 0.1) is 0 Å². The Bertz CT molecular complexity index is 273. The maximum atomic E-state index is 10.2. The van der Waals surface area contributed by atoms with Crippen molar-refractivity contribution >= 4 is 0 Å². The Kier molecular flexibility index (Phi) is 2.61. The fraction of sp³-hybridized carbons (Fsp3) is 0.636. The summed E-state index contributed by atoms with van der Waals surface area (Å²) in [7, 11) is 0. The second-order valence-electron chi connectivity index (χ2n) is 4.25. The summed E-state index contributed by atoms with van der Waals surface area (Å²) in [5.74, 6) is 0.659. The van der Waals surface area contributed by atoms with Crippen molar-refractivity contribution in [2.45, 2.75) is 37.8 Å². The molecule has 0 amide bonds. The predicted octanol–water partition coefficient (Wildman–Crippen LogP) is 1.63. The van der Waals surface area contributed by atoms with Crippen LogP contribution in [0.15, 0.2) is 22.8 Å². The molecule has 0 saturated carbocycles. The van der Waals surface area contributed by atoms with Crippen molar-refractivity contribution in [3.63, 3.8) is 0 Å². The SMILES string of the molecule is CC(O)(CC1CCCN1)c1ccco1. The minimum absolute atomic E-state index is 0.426. The Morgan fingerprint density at radius 3 is 3.14 bits per heavy atom. The summed E-state index contributed by atoms with van der Waals surface area (Å²) < 4.78 is 5.23. The van der Waals surface area contributed by atoms with Crippen LogP contribution in [0.3, 0.4) is 0 Å². The van der Waals surface area contributed by atoms with Crippen molar-refractivity contribution < 1.29 is 9.52 Å². The summed E-state index contributed by atoms with van der Waals surface area (Å²) in [6.45, 7) is 2.88. The highest BCUT2D eigenvalue weighted by Crippen LogP contribution is 2.28. The Morgan fingerprint density at radius 1 is 1.71 bits per heavy atom. The number of hydrogen-bond acceptors (Lipinski definition) is 3. The van der Waals surface area contributed by atoms with Gasteiger partial charge in [0, 0.05) is 6.04 Å². The molecule has 2 unspecified atom stereocenters. The maximum absolute atomic E-state index is 10.2. The van der Waals surface area contributed by atoms with E-state index in [1.165, 1.54) is 6.42 Å².